The normalized spacial score (nSPS) is 15.7. The summed E-state index contributed by atoms with van der Waals surface area (Å²) in [6.07, 6.45) is 0.933. The summed E-state index contributed by atoms with van der Waals surface area (Å²) >= 11 is 12.0. The van der Waals surface area contributed by atoms with E-state index in [1.807, 2.05) is 13.8 Å². The molecule has 29 heavy (non-hydrogen) atoms. The fourth-order valence-corrected chi connectivity index (χ4v) is 3.63. The van der Waals surface area contributed by atoms with Crippen molar-refractivity contribution < 1.29 is 19.1 Å². The van der Waals surface area contributed by atoms with Crippen molar-refractivity contribution in [3.05, 3.63) is 33.8 Å². The summed E-state index contributed by atoms with van der Waals surface area (Å²) in [5.41, 5.74) is 0.261. The number of halogens is 2. The maximum atomic E-state index is 12.8. The lowest BCUT2D eigenvalue weighted by Gasteiger charge is -2.33. The van der Waals surface area contributed by atoms with Crippen molar-refractivity contribution in [3.63, 3.8) is 0 Å². The van der Waals surface area contributed by atoms with Crippen LogP contribution in [0.15, 0.2) is 18.2 Å². The van der Waals surface area contributed by atoms with Crippen molar-refractivity contribution in [2.45, 2.75) is 45.7 Å². The van der Waals surface area contributed by atoms with Crippen LogP contribution >= 0.6 is 23.2 Å². The molecule has 1 aromatic carbocycles. The summed E-state index contributed by atoms with van der Waals surface area (Å²) in [7, 11) is 0. The van der Waals surface area contributed by atoms with E-state index >= 15 is 0 Å². The van der Waals surface area contributed by atoms with Crippen LogP contribution in [0, 0.1) is 5.92 Å². The number of ether oxygens (including phenoxy) is 1. The van der Waals surface area contributed by atoms with Crippen LogP contribution in [0.5, 0.6) is 0 Å². The van der Waals surface area contributed by atoms with Crippen LogP contribution in [0.2, 0.25) is 10.0 Å². The van der Waals surface area contributed by atoms with Crippen molar-refractivity contribution in [2.75, 3.05) is 19.7 Å². The third kappa shape index (κ3) is 6.51. The first-order valence-corrected chi connectivity index (χ1v) is 10.5. The van der Waals surface area contributed by atoms with E-state index in [0.29, 0.717) is 37.6 Å². The summed E-state index contributed by atoms with van der Waals surface area (Å²) < 4.78 is 5.00. The number of likely N-dealkylation sites (tertiary alicyclic amines) is 1. The van der Waals surface area contributed by atoms with Gasteiger partial charge in [-0.05, 0) is 43.9 Å². The minimum Gasteiger partial charge on any atom is -0.450 e. The molecule has 1 atom stereocenters. The molecule has 9 heteroatoms. The second-order valence-corrected chi connectivity index (χ2v) is 8.13. The van der Waals surface area contributed by atoms with Gasteiger partial charge in [-0.2, -0.15) is 0 Å². The lowest BCUT2D eigenvalue weighted by molar-refractivity contribution is -0.124. The predicted molar refractivity (Wildman–Crippen MR) is 112 cm³/mol. The van der Waals surface area contributed by atoms with Crippen molar-refractivity contribution >= 4 is 41.1 Å². The Morgan fingerprint density at radius 1 is 1.21 bits per heavy atom. The summed E-state index contributed by atoms with van der Waals surface area (Å²) in [6, 6.07) is 3.81. The molecule has 1 heterocycles. The van der Waals surface area contributed by atoms with Gasteiger partial charge >= 0.3 is 6.09 Å². The van der Waals surface area contributed by atoms with Crippen molar-refractivity contribution in [2.24, 2.45) is 5.92 Å². The number of carbonyl (C=O) groups excluding carboxylic acids is 3. The molecule has 0 aliphatic carbocycles. The molecule has 0 unspecified atom stereocenters. The molecule has 1 fully saturated rings. The molecule has 3 amide bonds. The second-order valence-electron chi connectivity index (χ2n) is 7.29. The molecule has 0 radical (unpaired) electrons. The zero-order chi connectivity index (χ0) is 21.6. The first-order valence-electron chi connectivity index (χ1n) is 9.70. The highest BCUT2D eigenvalue weighted by molar-refractivity contribution is 6.36. The smallest absolute Gasteiger partial charge is 0.409 e. The van der Waals surface area contributed by atoms with Gasteiger partial charge in [-0.25, -0.2) is 4.79 Å². The van der Waals surface area contributed by atoms with E-state index in [1.165, 1.54) is 12.1 Å². The molecule has 0 bridgehead atoms. The maximum absolute atomic E-state index is 12.8. The number of carbonyl (C=O) groups is 3. The third-order valence-electron chi connectivity index (χ3n) is 4.78. The second kappa shape index (κ2) is 10.7. The van der Waals surface area contributed by atoms with Crippen molar-refractivity contribution in [1.82, 2.24) is 15.5 Å². The van der Waals surface area contributed by atoms with Crippen LogP contribution in [0.3, 0.4) is 0 Å². The molecule has 1 saturated heterocycles. The van der Waals surface area contributed by atoms with Gasteiger partial charge in [0.05, 0.1) is 17.2 Å². The Kier molecular flexibility index (Phi) is 8.59. The van der Waals surface area contributed by atoms with Gasteiger partial charge in [0.25, 0.3) is 5.91 Å². The first-order chi connectivity index (χ1) is 13.7. The topological polar surface area (TPSA) is 87.7 Å². The van der Waals surface area contributed by atoms with E-state index in [2.05, 4.69) is 10.6 Å². The van der Waals surface area contributed by atoms with Gasteiger partial charge in [0, 0.05) is 24.2 Å². The largest absolute Gasteiger partial charge is 0.450 e. The van der Waals surface area contributed by atoms with Crippen LogP contribution in [0.25, 0.3) is 0 Å². The predicted octanol–water partition coefficient (Wildman–Crippen LogP) is 3.48. The van der Waals surface area contributed by atoms with E-state index in [1.54, 1.807) is 17.9 Å². The molecular formula is C20H27Cl2N3O4. The fourth-order valence-electron chi connectivity index (χ4n) is 3.14. The van der Waals surface area contributed by atoms with Crippen LogP contribution in [-0.2, 0) is 9.53 Å². The number of amides is 3. The van der Waals surface area contributed by atoms with Gasteiger partial charge in [0.2, 0.25) is 5.91 Å². The molecular weight excluding hydrogens is 417 g/mol. The van der Waals surface area contributed by atoms with Gasteiger partial charge in [0.15, 0.2) is 0 Å². The number of hydrogen-bond donors (Lipinski definition) is 2. The Hall–Kier alpha value is -1.99. The summed E-state index contributed by atoms with van der Waals surface area (Å²) in [5, 5.41) is 6.40. The van der Waals surface area contributed by atoms with Crippen LogP contribution in [-0.4, -0.2) is 54.6 Å². The summed E-state index contributed by atoms with van der Waals surface area (Å²) in [5.74, 6) is -0.810. The molecule has 7 nitrogen and oxygen atoms in total. The Bertz CT molecular complexity index is 749. The highest BCUT2D eigenvalue weighted by atomic mass is 35.5. The minimum absolute atomic E-state index is 0.0644. The third-order valence-corrected chi connectivity index (χ3v) is 5.33. The summed E-state index contributed by atoms with van der Waals surface area (Å²) in [4.78, 5) is 38.8. The maximum Gasteiger partial charge on any atom is 0.409 e. The molecule has 2 N–H and O–H groups in total. The zero-order valence-corrected chi connectivity index (χ0v) is 18.3. The van der Waals surface area contributed by atoms with E-state index in [0.717, 1.165) is 0 Å². The van der Waals surface area contributed by atoms with Gasteiger partial charge in [-0.1, -0.05) is 37.0 Å². The quantitative estimate of drug-likeness (QED) is 0.703. The highest BCUT2D eigenvalue weighted by Crippen LogP contribution is 2.21. The molecule has 0 spiro atoms. The Morgan fingerprint density at radius 3 is 2.41 bits per heavy atom. The summed E-state index contributed by atoms with van der Waals surface area (Å²) in [6.45, 7) is 6.85. The van der Waals surface area contributed by atoms with E-state index in [-0.39, 0.29) is 34.5 Å². The van der Waals surface area contributed by atoms with Crippen LogP contribution in [0.1, 0.15) is 44.0 Å². The number of hydrogen-bond acceptors (Lipinski definition) is 4. The standard InChI is InChI=1S/C20H27Cl2N3O4/c1-4-29-20(28)25-9-7-14(8-10-25)23-19(27)17(12(2)3)24-18(26)15-6-5-13(21)11-16(15)22/h5-6,11-12,14,17H,4,7-10H2,1-3H3,(H,23,27)(H,24,26)/t17-/m1/s1. The number of rotatable bonds is 6. The monoisotopic (exact) mass is 443 g/mol. The van der Waals surface area contributed by atoms with Gasteiger partial charge < -0.3 is 20.3 Å². The molecule has 0 aromatic heterocycles. The SMILES string of the molecule is CCOC(=O)N1CCC(NC(=O)[C@H](NC(=O)c2ccc(Cl)cc2Cl)C(C)C)CC1. The zero-order valence-electron chi connectivity index (χ0n) is 16.8. The molecule has 1 aromatic rings. The van der Waals surface area contributed by atoms with Crippen LogP contribution < -0.4 is 10.6 Å². The Labute approximate surface area is 181 Å². The molecule has 160 valence electrons. The number of nitrogens with zero attached hydrogens (tertiary/aromatic N) is 1. The molecule has 1 aliphatic heterocycles. The highest BCUT2D eigenvalue weighted by Gasteiger charge is 2.29. The number of nitrogens with one attached hydrogen (secondary N) is 2. The minimum atomic E-state index is -0.711. The van der Waals surface area contributed by atoms with E-state index < -0.39 is 11.9 Å². The first kappa shape index (κ1) is 23.3. The van der Waals surface area contributed by atoms with Crippen LogP contribution in [0.4, 0.5) is 4.79 Å². The Balaban J connectivity index is 1.94. The van der Waals surface area contributed by atoms with Gasteiger partial charge in [0.1, 0.15) is 6.04 Å². The lowest BCUT2D eigenvalue weighted by atomic mass is 10.00. The number of benzene rings is 1. The lowest BCUT2D eigenvalue weighted by Crippen LogP contribution is -2.54. The van der Waals surface area contributed by atoms with Crippen molar-refractivity contribution in [1.29, 1.82) is 0 Å². The van der Waals surface area contributed by atoms with E-state index in [4.69, 9.17) is 27.9 Å². The van der Waals surface area contributed by atoms with Crippen molar-refractivity contribution in [3.8, 4) is 0 Å². The van der Waals surface area contributed by atoms with Gasteiger partial charge in [-0.15, -0.1) is 0 Å². The molecule has 2 rings (SSSR count). The average Bonchev–Trinajstić information content (AvgIpc) is 2.66. The molecule has 1 aliphatic rings. The average molecular weight is 444 g/mol. The van der Waals surface area contributed by atoms with E-state index in [9.17, 15) is 14.4 Å². The molecule has 0 saturated carbocycles. The Morgan fingerprint density at radius 2 is 1.86 bits per heavy atom. The number of piperidine rings is 1. The fraction of sp³-hybridized carbons (Fsp3) is 0.550. The van der Waals surface area contributed by atoms with Gasteiger partial charge in [-0.3, -0.25) is 9.59 Å².